The fraction of sp³-hybridized carbons (Fsp3) is 0.517. The minimum absolute atomic E-state index is 0.0816. The minimum atomic E-state index is 0.0816. The van der Waals surface area contributed by atoms with Crippen molar-refractivity contribution in [2.45, 2.75) is 44.7 Å². The Bertz CT molecular complexity index is 1170. The number of aromatic nitrogens is 3. The third-order valence-electron chi connectivity index (χ3n) is 8.44. The van der Waals surface area contributed by atoms with Gasteiger partial charge in [-0.15, -0.1) is 0 Å². The summed E-state index contributed by atoms with van der Waals surface area (Å²) in [6, 6.07) is 16.8. The van der Waals surface area contributed by atoms with Gasteiger partial charge in [-0.05, 0) is 68.8 Å². The van der Waals surface area contributed by atoms with E-state index in [9.17, 15) is 4.79 Å². The molecule has 6 rings (SSSR count). The van der Waals surface area contributed by atoms with Gasteiger partial charge in [-0.25, -0.2) is 9.67 Å². The van der Waals surface area contributed by atoms with E-state index in [1.165, 1.54) is 38.0 Å². The van der Waals surface area contributed by atoms with Crippen LogP contribution in [0.15, 0.2) is 59.5 Å². The Balaban J connectivity index is 1.02. The van der Waals surface area contributed by atoms with E-state index in [0.29, 0.717) is 5.82 Å². The molecule has 190 valence electrons. The van der Waals surface area contributed by atoms with Crippen LogP contribution in [0.25, 0.3) is 5.82 Å². The van der Waals surface area contributed by atoms with E-state index < -0.39 is 0 Å². The van der Waals surface area contributed by atoms with Gasteiger partial charge in [0.25, 0.3) is 5.56 Å². The highest BCUT2D eigenvalue weighted by molar-refractivity contribution is 5.30. The van der Waals surface area contributed by atoms with Crippen molar-refractivity contribution >= 4 is 0 Å². The monoisotopic (exact) mass is 486 g/mol. The number of nitrogens with zero attached hydrogens (tertiary/aromatic N) is 5. The Morgan fingerprint density at radius 1 is 0.861 bits per heavy atom. The molecule has 0 spiro atoms. The first kappa shape index (κ1) is 23.6. The molecule has 36 heavy (non-hydrogen) atoms. The first-order valence-corrected chi connectivity index (χ1v) is 13.7. The molecule has 7 nitrogen and oxygen atoms in total. The Morgan fingerprint density at radius 3 is 2.39 bits per heavy atom. The summed E-state index contributed by atoms with van der Waals surface area (Å²) in [6.07, 6.45) is 7.49. The molecule has 0 amide bonds. The average molecular weight is 487 g/mol. The van der Waals surface area contributed by atoms with Crippen molar-refractivity contribution in [3.05, 3.63) is 81.9 Å². The lowest BCUT2D eigenvalue weighted by atomic mass is 9.91. The highest BCUT2D eigenvalue weighted by Crippen LogP contribution is 2.33. The van der Waals surface area contributed by atoms with Crippen LogP contribution in [-0.4, -0.2) is 75.3 Å². The molecule has 3 aromatic rings. The summed E-state index contributed by atoms with van der Waals surface area (Å²) in [6.45, 7) is 9.03. The quantitative estimate of drug-likeness (QED) is 0.578. The van der Waals surface area contributed by atoms with E-state index in [-0.39, 0.29) is 11.6 Å². The number of hydrogen-bond donors (Lipinski definition) is 1. The zero-order chi connectivity index (χ0) is 24.3. The van der Waals surface area contributed by atoms with Crippen LogP contribution in [0.4, 0.5) is 0 Å². The Morgan fingerprint density at radius 2 is 1.64 bits per heavy atom. The zero-order valence-corrected chi connectivity index (χ0v) is 21.2. The summed E-state index contributed by atoms with van der Waals surface area (Å²) in [7, 11) is 0. The third-order valence-corrected chi connectivity index (χ3v) is 8.44. The number of aromatic amines is 1. The first-order chi connectivity index (χ1) is 17.7. The standard InChI is InChI=1S/C29H38N6O/c36-29-28-25(31-35(29)27-11-4-5-14-30-27)9-6-10-26(28)34-19-17-33(18-20-34)22-24-12-15-32(16-13-24)21-23-7-2-1-3-8-23/h1-5,7-8,11,14,24,26,31H,6,9-10,12-13,15-22H2. The molecule has 0 saturated carbocycles. The lowest BCUT2D eigenvalue weighted by Gasteiger charge is -2.42. The molecule has 2 fully saturated rings. The van der Waals surface area contributed by atoms with Crippen LogP contribution in [0.3, 0.4) is 0 Å². The molecular weight excluding hydrogens is 448 g/mol. The molecule has 1 N–H and O–H groups in total. The smallest absolute Gasteiger partial charge is 0.277 e. The summed E-state index contributed by atoms with van der Waals surface area (Å²) >= 11 is 0. The number of nitrogens with one attached hydrogen (secondary N) is 1. The van der Waals surface area contributed by atoms with Gasteiger partial charge in [0, 0.05) is 57.2 Å². The molecule has 2 aliphatic heterocycles. The second kappa shape index (κ2) is 10.7. The summed E-state index contributed by atoms with van der Waals surface area (Å²) < 4.78 is 1.64. The van der Waals surface area contributed by atoms with E-state index in [4.69, 9.17) is 0 Å². The fourth-order valence-corrected chi connectivity index (χ4v) is 6.45. The van der Waals surface area contributed by atoms with Gasteiger partial charge in [0.15, 0.2) is 5.82 Å². The SMILES string of the molecule is O=c1c2c([nH]n1-c1ccccn1)CCCC2N1CCN(CC2CCN(Cc3ccccc3)CC2)CC1. The molecule has 1 atom stereocenters. The van der Waals surface area contributed by atoms with Crippen LogP contribution in [-0.2, 0) is 13.0 Å². The van der Waals surface area contributed by atoms with E-state index >= 15 is 0 Å². The van der Waals surface area contributed by atoms with Gasteiger partial charge in [-0.2, -0.15) is 0 Å². The second-order valence-corrected chi connectivity index (χ2v) is 10.8. The van der Waals surface area contributed by atoms with Crippen molar-refractivity contribution < 1.29 is 0 Å². The van der Waals surface area contributed by atoms with Crippen LogP contribution in [0, 0.1) is 5.92 Å². The zero-order valence-electron chi connectivity index (χ0n) is 21.2. The predicted molar refractivity (Wildman–Crippen MR) is 142 cm³/mol. The number of piperazine rings is 1. The summed E-state index contributed by atoms with van der Waals surface area (Å²) in [5.41, 5.74) is 3.59. The van der Waals surface area contributed by atoms with Gasteiger partial charge in [0.2, 0.25) is 0 Å². The van der Waals surface area contributed by atoms with Gasteiger partial charge in [0.05, 0.1) is 5.56 Å². The van der Waals surface area contributed by atoms with Crippen LogP contribution in [0.2, 0.25) is 0 Å². The Hall–Kier alpha value is -2.74. The van der Waals surface area contributed by atoms with Crippen LogP contribution < -0.4 is 5.56 Å². The number of pyridine rings is 1. The molecule has 2 aromatic heterocycles. The van der Waals surface area contributed by atoms with Crippen LogP contribution in [0.5, 0.6) is 0 Å². The van der Waals surface area contributed by atoms with Crippen molar-refractivity contribution in [3.63, 3.8) is 0 Å². The normalized spacial score (nSPS) is 22.5. The van der Waals surface area contributed by atoms with Gasteiger partial charge in [-0.3, -0.25) is 19.7 Å². The molecule has 0 bridgehead atoms. The fourth-order valence-electron chi connectivity index (χ4n) is 6.45. The maximum atomic E-state index is 13.4. The van der Waals surface area contributed by atoms with E-state index in [2.05, 4.69) is 55.1 Å². The summed E-state index contributed by atoms with van der Waals surface area (Å²) in [5.74, 6) is 1.48. The minimum Gasteiger partial charge on any atom is -0.301 e. The average Bonchev–Trinajstić information content (AvgIpc) is 3.28. The topological polar surface area (TPSA) is 60.4 Å². The van der Waals surface area contributed by atoms with Crippen molar-refractivity contribution in [1.29, 1.82) is 0 Å². The number of rotatable bonds is 6. The lowest BCUT2D eigenvalue weighted by molar-refractivity contribution is 0.0665. The highest BCUT2D eigenvalue weighted by Gasteiger charge is 2.33. The maximum Gasteiger partial charge on any atom is 0.277 e. The Kier molecular flexibility index (Phi) is 7.03. The highest BCUT2D eigenvalue weighted by atomic mass is 16.1. The third kappa shape index (κ3) is 5.05. The first-order valence-electron chi connectivity index (χ1n) is 13.7. The molecule has 1 unspecified atom stereocenters. The summed E-state index contributed by atoms with van der Waals surface area (Å²) in [5, 5.41) is 3.37. The van der Waals surface area contributed by atoms with E-state index in [0.717, 1.165) is 69.2 Å². The second-order valence-electron chi connectivity index (χ2n) is 10.8. The number of piperidine rings is 1. The maximum absolute atomic E-state index is 13.4. The van der Waals surface area contributed by atoms with E-state index in [1.54, 1.807) is 10.9 Å². The van der Waals surface area contributed by atoms with Gasteiger partial charge >= 0.3 is 0 Å². The number of H-pyrrole nitrogens is 1. The number of benzene rings is 1. The predicted octanol–water partition coefficient (Wildman–Crippen LogP) is 3.47. The largest absolute Gasteiger partial charge is 0.301 e. The molecule has 1 aromatic carbocycles. The van der Waals surface area contributed by atoms with Gasteiger partial charge < -0.3 is 4.90 Å². The van der Waals surface area contributed by atoms with E-state index in [1.807, 2.05) is 18.2 Å². The molecule has 2 saturated heterocycles. The van der Waals surface area contributed by atoms with Crippen molar-refractivity contribution in [1.82, 2.24) is 29.5 Å². The number of aryl methyl sites for hydroxylation is 1. The number of likely N-dealkylation sites (tertiary alicyclic amines) is 1. The number of fused-ring (bicyclic) bond motifs is 1. The molecule has 4 heterocycles. The number of hydrogen-bond acceptors (Lipinski definition) is 5. The van der Waals surface area contributed by atoms with Crippen molar-refractivity contribution in [2.75, 3.05) is 45.8 Å². The van der Waals surface area contributed by atoms with Crippen LogP contribution in [0.1, 0.15) is 48.5 Å². The summed E-state index contributed by atoms with van der Waals surface area (Å²) in [4.78, 5) is 25.6. The Labute approximate surface area is 213 Å². The molecule has 0 radical (unpaired) electrons. The lowest BCUT2D eigenvalue weighted by Crippen LogP contribution is -2.50. The molecular formula is C29H38N6O. The van der Waals surface area contributed by atoms with Crippen molar-refractivity contribution in [3.8, 4) is 5.82 Å². The van der Waals surface area contributed by atoms with Gasteiger partial charge in [0.1, 0.15) is 0 Å². The molecule has 7 heteroatoms. The molecule has 3 aliphatic rings. The van der Waals surface area contributed by atoms with Gasteiger partial charge in [-0.1, -0.05) is 36.4 Å². The molecule has 1 aliphatic carbocycles. The van der Waals surface area contributed by atoms with Crippen LogP contribution >= 0.6 is 0 Å². The van der Waals surface area contributed by atoms with Crippen molar-refractivity contribution in [2.24, 2.45) is 5.92 Å².